The fourth-order valence-electron chi connectivity index (χ4n) is 3.63. The standard InChI is InChI=1S/C24H42N6O5/c1-7-15(6)20(30-21(31)17(25)8-13(2)3)23(33)28-18(9-14(4)5)22(32)29-19(24(34)35)10-16-11-26-12-27-16/h11-15,17-20H,7-10,25H2,1-6H3,(H,26,27)(H,28,33)(H,29,32)(H,30,31)(H,34,35). The predicted octanol–water partition coefficient (Wildman–Crippen LogP) is 0.957. The molecule has 0 saturated heterocycles. The van der Waals surface area contributed by atoms with Crippen LogP contribution in [-0.4, -0.2) is 62.9 Å². The lowest BCUT2D eigenvalue weighted by atomic mass is 9.95. The summed E-state index contributed by atoms with van der Waals surface area (Å²) in [5.74, 6) is -2.69. The number of carboxylic acids is 1. The van der Waals surface area contributed by atoms with E-state index < -0.39 is 47.9 Å². The van der Waals surface area contributed by atoms with Gasteiger partial charge in [0, 0.05) is 18.3 Å². The second-order valence-electron chi connectivity index (χ2n) is 9.98. The zero-order valence-electron chi connectivity index (χ0n) is 21.6. The third kappa shape index (κ3) is 10.5. The SMILES string of the molecule is CCC(C)C(NC(=O)C(N)CC(C)C)C(=O)NC(CC(C)C)C(=O)NC(Cc1cnc[nH]1)C(=O)O. The molecule has 1 aromatic rings. The first-order valence-electron chi connectivity index (χ1n) is 12.2. The van der Waals surface area contributed by atoms with Crippen LogP contribution in [-0.2, 0) is 25.6 Å². The van der Waals surface area contributed by atoms with Gasteiger partial charge in [0.15, 0.2) is 0 Å². The van der Waals surface area contributed by atoms with Gasteiger partial charge in [-0.25, -0.2) is 9.78 Å². The van der Waals surface area contributed by atoms with E-state index in [9.17, 15) is 24.3 Å². The molecular weight excluding hydrogens is 452 g/mol. The van der Waals surface area contributed by atoms with Gasteiger partial charge in [0.25, 0.3) is 0 Å². The van der Waals surface area contributed by atoms with E-state index in [1.165, 1.54) is 12.5 Å². The summed E-state index contributed by atoms with van der Waals surface area (Å²) in [5.41, 5.74) is 6.55. The summed E-state index contributed by atoms with van der Waals surface area (Å²) in [5, 5.41) is 17.6. The van der Waals surface area contributed by atoms with Crippen LogP contribution in [0.4, 0.5) is 0 Å². The number of H-pyrrole nitrogens is 1. The van der Waals surface area contributed by atoms with E-state index in [1.807, 2.05) is 41.5 Å². The highest BCUT2D eigenvalue weighted by Crippen LogP contribution is 2.12. The molecule has 3 amide bonds. The summed E-state index contributed by atoms with van der Waals surface area (Å²) in [6.07, 6.45) is 4.31. The van der Waals surface area contributed by atoms with E-state index in [0.29, 0.717) is 25.0 Å². The maximum atomic E-state index is 13.2. The normalized spacial score (nSPS) is 15.7. The highest BCUT2D eigenvalue weighted by Gasteiger charge is 2.33. The number of hydrogen-bond acceptors (Lipinski definition) is 6. The number of aromatic amines is 1. The van der Waals surface area contributed by atoms with Crippen molar-refractivity contribution in [3.63, 3.8) is 0 Å². The fourth-order valence-corrected chi connectivity index (χ4v) is 3.63. The van der Waals surface area contributed by atoms with Crippen molar-refractivity contribution in [1.29, 1.82) is 0 Å². The molecule has 0 saturated carbocycles. The number of rotatable bonds is 15. The van der Waals surface area contributed by atoms with E-state index in [-0.39, 0.29) is 24.2 Å². The highest BCUT2D eigenvalue weighted by atomic mass is 16.4. The second-order valence-corrected chi connectivity index (χ2v) is 9.98. The summed E-state index contributed by atoms with van der Waals surface area (Å²) in [7, 11) is 0. The molecule has 0 aliphatic heterocycles. The third-order valence-electron chi connectivity index (χ3n) is 5.79. The van der Waals surface area contributed by atoms with E-state index in [0.717, 1.165) is 0 Å². The molecule has 11 heteroatoms. The van der Waals surface area contributed by atoms with Crippen molar-refractivity contribution >= 4 is 23.7 Å². The minimum Gasteiger partial charge on any atom is -0.480 e. The van der Waals surface area contributed by atoms with E-state index in [2.05, 4.69) is 25.9 Å². The second kappa shape index (κ2) is 14.4. The van der Waals surface area contributed by atoms with Crippen molar-refractivity contribution in [2.24, 2.45) is 23.5 Å². The molecule has 0 aliphatic carbocycles. The van der Waals surface area contributed by atoms with Crippen molar-refractivity contribution in [2.75, 3.05) is 0 Å². The van der Waals surface area contributed by atoms with Crippen LogP contribution >= 0.6 is 0 Å². The number of carbonyl (C=O) groups excluding carboxylic acids is 3. The number of aromatic nitrogens is 2. The quantitative estimate of drug-likeness (QED) is 0.210. The molecule has 35 heavy (non-hydrogen) atoms. The van der Waals surface area contributed by atoms with Crippen LogP contribution in [0.1, 0.15) is 66.5 Å². The lowest BCUT2D eigenvalue weighted by Gasteiger charge is -2.28. The summed E-state index contributed by atoms with van der Waals surface area (Å²) < 4.78 is 0. The number of nitrogens with two attached hydrogens (primary N) is 1. The van der Waals surface area contributed by atoms with Crippen molar-refractivity contribution in [1.82, 2.24) is 25.9 Å². The number of nitrogens with one attached hydrogen (secondary N) is 4. The van der Waals surface area contributed by atoms with Gasteiger partial charge in [-0.3, -0.25) is 14.4 Å². The first-order valence-corrected chi connectivity index (χ1v) is 12.2. The monoisotopic (exact) mass is 494 g/mol. The van der Waals surface area contributed by atoms with Crippen molar-refractivity contribution < 1.29 is 24.3 Å². The first kappa shape index (κ1) is 30.1. The molecule has 0 aromatic carbocycles. The molecule has 1 heterocycles. The van der Waals surface area contributed by atoms with Crippen LogP contribution in [0.2, 0.25) is 0 Å². The van der Waals surface area contributed by atoms with Crippen LogP contribution in [0.25, 0.3) is 0 Å². The molecule has 11 nitrogen and oxygen atoms in total. The van der Waals surface area contributed by atoms with E-state index in [1.54, 1.807) is 0 Å². The predicted molar refractivity (Wildman–Crippen MR) is 132 cm³/mol. The summed E-state index contributed by atoms with van der Waals surface area (Å²) in [6, 6.07) is -3.80. The molecule has 1 aromatic heterocycles. The van der Waals surface area contributed by atoms with Crippen molar-refractivity contribution in [2.45, 2.75) is 91.4 Å². The largest absolute Gasteiger partial charge is 0.480 e. The first-order chi connectivity index (χ1) is 16.3. The summed E-state index contributed by atoms with van der Waals surface area (Å²) in [4.78, 5) is 57.3. The zero-order chi connectivity index (χ0) is 26.7. The van der Waals surface area contributed by atoms with Gasteiger partial charge >= 0.3 is 5.97 Å². The van der Waals surface area contributed by atoms with Gasteiger partial charge in [-0.1, -0.05) is 48.0 Å². The summed E-state index contributed by atoms with van der Waals surface area (Å²) >= 11 is 0. The average molecular weight is 495 g/mol. The van der Waals surface area contributed by atoms with Crippen LogP contribution in [0, 0.1) is 17.8 Å². The number of imidazole rings is 1. The van der Waals surface area contributed by atoms with E-state index in [4.69, 9.17) is 5.73 Å². The Balaban J connectivity index is 2.99. The molecule has 0 aliphatic rings. The number of nitrogens with zero attached hydrogens (tertiary/aromatic N) is 1. The molecule has 5 atom stereocenters. The fraction of sp³-hybridized carbons (Fsp3) is 0.708. The van der Waals surface area contributed by atoms with Gasteiger partial charge in [0.2, 0.25) is 17.7 Å². The van der Waals surface area contributed by atoms with Gasteiger partial charge in [-0.2, -0.15) is 0 Å². The average Bonchev–Trinajstić information content (AvgIpc) is 3.27. The Hall–Kier alpha value is -2.95. The number of aliphatic carboxylic acids is 1. The lowest BCUT2D eigenvalue weighted by Crippen LogP contribution is -2.59. The molecule has 198 valence electrons. The van der Waals surface area contributed by atoms with Crippen molar-refractivity contribution in [3.8, 4) is 0 Å². The maximum absolute atomic E-state index is 13.2. The Morgan fingerprint density at radius 1 is 0.943 bits per heavy atom. The Morgan fingerprint density at radius 2 is 1.54 bits per heavy atom. The molecule has 0 bridgehead atoms. The van der Waals surface area contributed by atoms with Crippen LogP contribution in [0.5, 0.6) is 0 Å². The topological polar surface area (TPSA) is 179 Å². The Labute approximate surface area is 207 Å². The van der Waals surface area contributed by atoms with Crippen LogP contribution in [0.15, 0.2) is 12.5 Å². The van der Waals surface area contributed by atoms with Crippen LogP contribution in [0.3, 0.4) is 0 Å². The highest BCUT2D eigenvalue weighted by molar-refractivity contribution is 5.94. The number of hydrogen-bond donors (Lipinski definition) is 6. The molecule has 7 N–H and O–H groups in total. The Kier molecular flexibility index (Phi) is 12.4. The molecule has 0 spiro atoms. The van der Waals surface area contributed by atoms with E-state index >= 15 is 0 Å². The Morgan fingerprint density at radius 3 is 2.03 bits per heavy atom. The minimum atomic E-state index is -1.20. The maximum Gasteiger partial charge on any atom is 0.326 e. The molecule has 0 radical (unpaired) electrons. The lowest BCUT2D eigenvalue weighted by molar-refractivity contribution is -0.142. The van der Waals surface area contributed by atoms with Gasteiger partial charge in [-0.05, 0) is 30.6 Å². The molecule has 5 unspecified atom stereocenters. The third-order valence-corrected chi connectivity index (χ3v) is 5.79. The zero-order valence-corrected chi connectivity index (χ0v) is 21.6. The van der Waals surface area contributed by atoms with Gasteiger partial charge in [0.1, 0.15) is 18.1 Å². The van der Waals surface area contributed by atoms with Gasteiger partial charge in [0.05, 0.1) is 12.4 Å². The molecular formula is C24H42N6O5. The number of amides is 3. The minimum absolute atomic E-state index is 0.0166. The number of carboxylic acid groups (broad SMARTS) is 1. The van der Waals surface area contributed by atoms with Gasteiger partial charge in [-0.15, -0.1) is 0 Å². The molecule has 0 fully saturated rings. The van der Waals surface area contributed by atoms with Crippen molar-refractivity contribution in [3.05, 3.63) is 18.2 Å². The number of carbonyl (C=O) groups is 4. The van der Waals surface area contributed by atoms with Gasteiger partial charge < -0.3 is 31.8 Å². The summed E-state index contributed by atoms with van der Waals surface area (Å²) in [6.45, 7) is 11.4. The van der Waals surface area contributed by atoms with Crippen LogP contribution < -0.4 is 21.7 Å². The molecule has 1 rings (SSSR count). The smallest absolute Gasteiger partial charge is 0.326 e. The Bertz CT molecular complexity index is 826.